The normalized spacial score (nSPS) is 16.1. The highest BCUT2D eigenvalue weighted by Crippen LogP contribution is 2.38. The number of aliphatic hydroxyl groups excluding tert-OH is 1. The number of hydrogen-bond acceptors (Lipinski definition) is 2. The average molecular weight is 323 g/mol. The first-order valence-corrected chi connectivity index (χ1v) is 8.65. The molecule has 0 unspecified atom stereocenters. The highest BCUT2D eigenvalue weighted by molar-refractivity contribution is 5.95. The van der Waals surface area contributed by atoms with Crippen LogP contribution in [0.3, 0.4) is 0 Å². The van der Waals surface area contributed by atoms with Crippen molar-refractivity contribution in [2.24, 2.45) is 5.41 Å². The summed E-state index contributed by atoms with van der Waals surface area (Å²) in [6, 6.07) is 17.9. The van der Waals surface area contributed by atoms with Crippen molar-refractivity contribution in [2.45, 2.75) is 25.7 Å². The Morgan fingerprint density at radius 3 is 2.38 bits per heavy atom. The molecule has 0 aromatic heterocycles. The van der Waals surface area contributed by atoms with E-state index in [1.54, 1.807) is 4.90 Å². The Morgan fingerprint density at radius 1 is 1.04 bits per heavy atom. The van der Waals surface area contributed by atoms with Crippen LogP contribution in [0.2, 0.25) is 0 Å². The van der Waals surface area contributed by atoms with E-state index in [2.05, 4.69) is 0 Å². The SMILES string of the molecule is CN(CC1(CO)CCCC1)C(=O)c1cccc(-c2ccccc2)c1. The maximum atomic E-state index is 12.8. The first-order valence-electron chi connectivity index (χ1n) is 8.65. The van der Waals surface area contributed by atoms with Crippen LogP contribution >= 0.6 is 0 Å². The zero-order valence-electron chi connectivity index (χ0n) is 14.2. The van der Waals surface area contributed by atoms with Crippen LogP contribution in [0.15, 0.2) is 54.6 Å². The van der Waals surface area contributed by atoms with Gasteiger partial charge in [-0.3, -0.25) is 4.79 Å². The maximum absolute atomic E-state index is 12.8. The van der Waals surface area contributed by atoms with Gasteiger partial charge in [0.2, 0.25) is 0 Å². The van der Waals surface area contributed by atoms with Crippen LogP contribution in [0, 0.1) is 5.41 Å². The van der Waals surface area contributed by atoms with E-state index in [0.29, 0.717) is 12.1 Å². The molecule has 1 aliphatic carbocycles. The molecule has 0 atom stereocenters. The molecule has 0 bridgehead atoms. The number of benzene rings is 2. The summed E-state index contributed by atoms with van der Waals surface area (Å²) in [5.74, 6) is 0.0208. The summed E-state index contributed by atoms with van der Waals surface area (Å²) in [4.78, 5) is 14.6. The molecule has 1 amide bonds. The van der Waals surface area contributed by atoms with Crippen molar-refractivity contribution in [3.05, 3.63) is 60.2 Å². The lowest BCUT2D eigenvalue weighted by Crippen LogP contribution is -2.39. The Morgan fingerprint density at radius 2 is 1.71 bits per heavy atom. The maximum Gasteiger partial charge on any atom is 0.253 e. The third kappa shape index (κ3) is 3.51. The third-order valence-electron chi connectivity index (χ3n) is 5.14. The van der Waals surface area contributed by atoms with E-state index in [9.17, 15) is 9.90 Å². The summed E-state index contributed by atoms with van der Waals surface area (Å²) < 4.78 is 0. The summed E-state index contributed by atoms with van der Waals surface area (Å²) in [7, 11) is 1.84. The van der Waals surface area contributed by atoms with Crippen LogP contribution < -0.4 is 0 Å². The van der Waals surface area contributed by atoms with E-state index >= 15 is 0 Å². The van der Waals surface area contributed by atoms with E-state index in [1.165, 1.54) is 0 Å². The first-order chi connectivity index (χ1) is 11.6. The Balaban J connectivity index is 1.77. The summed E-state index contributed by atoms with van der Waals surface area (Å²) in [5.41, 5.74) is 2.75. The van der Waals surface area contributed by atoms with E-state index < -0.39 is 0 Å². The molecule has 0 heterocycles. The van der Waals surface area contributed by atoms with Gasteiger partial charge in [0.1, 0.15) is 0 Å². The monoisotopic (exact) mass is 323 g/mol. The van der Waals surface area contributed by atoms with Gasteiger partial charge in [-0.05, 0) is 36.1 Å². The highest BCUT2D eigenvalue weighted by Gasteiger charge is 2.35. The fourth-order valence-corrected chi connectivity index (χ4v) is 3.75. The Labute approximate surface area is 143 Å². The molecule has 0 aliphatic heterocycles. The molecule has 2 aromatic rings. The Hall–Kier alpha value is -2.13. The lowest BCUT2D eigenvalue weighted by atomic mass is 9.86. The molecule has 3 nitrogen and oxygen atoms in total. The van der Waals surface area contributed by atoms with Gasteiger partial charge in [-0.2, -0.15) is 0 Å². The Kier molecular flexibility index (Phi) is 5.00. The highest BCUT2D eigenvalue weighted by atomic mass is 16.3. The van der Waals surface area contributed by atoms with Crippen molar-refractivity contribution >= 4 is 5.91 Å². The summed E-state index contributed by atoms with van der Waals surface area (Å²) >= 11 is 0. The van der Waals surface area contributed by atoms with E-state index in [0.717, 1.165) is 36.8 Å². The molecule has 1 fully saturated rings. The topological polar surface area (TPSA) is 40.5 Å². The van der Waals surface area contributed by atoms with Gasteiger partial charge in [0.15, 0.2) is 0 Å². The summed E-state index contributed by atoms with van der Waals surface area (Å²) in [6.45, 7) is 0.784. The number of amides is 1. The number of carbonyl (C=O) groups excluding carboxylic acids is 1. The van der Waals surface area contributed by atoms with E-state index in [1.807, 2.05) is 61.6 Å². The summed E-state index contributed by atoms with van der Waals surface area (Å²) in [5, 5.41) is 9.77. The van der Waals surface area contributed by atoms with Crippen LogP contribution in [-0.2, 0) is 0 Å². The van der Waals surface area contributed by atoms with Gasteiger partial charge < -0.3 is 10.0 Å². The smallest absolute Gasteiger partial charge is 0.253 e. The molecule has 1 N–H and O–H groups in total. The standard InChI is InChI=1S/C21H25NO2/c1-22(15-21(16-23)12-5-6-13-21)20(24)19-11-7-10-18(14-19)17-8-3-2-4-9-17/h2-4,7-11,14,23H,5-6,12-13,15-16H2,1H3. The number of nitrogens with zero attached hydrogens (tertiary/aromatic N) is 1. The van der Waals surface area contributed by atoms with Crippen LogP contribution in [0.4, 0.5) is 0 Å². The molecular weight excluding hydrogens is 298 g/mol. The first kappa shape index (κ1) is 16.7. The number of carbonyl (C=O) groups is 1. The lowest BCUT2D eigenvalue weighted by Gasteiger charge is -2.32. The molecular formula is C21H25NO2. The molecule has 3 rings (SSSR count). The number of rotatable bonds is 5. The van der Waals surface area contributed by atoms with Gasteiger partial charge in [0, 0.05) is 24.6 Å². The minimum absolute atomic E-state index is 0.0208. The molecule has 0 saturated heterocycles. The second-order valence-electron chi connectivity index (χ2n) is 6.97. The Bertz CT molecular complexity index is 690. The van der Waals surface area contributed by atoms with Gasteiger partial charge in [-0.25, -0.2) is 0 Å². The molecule has 1 aliphatic rings. The fourth-order valence-electron chi connectivity index (χ4n) is 3.75. The van der Waals surface area contributed by atoms with Crippen molar-refractivity contribution in [1.82, 2.24) is 4.90 Å². The van der Waals surface area contributed by atoms with Crippen molar-refractivity contribution in [3.8, 4) is 11.1 Å². The second kappa shape index (κ2) is 7.18. The van der Waals surface area contributed by atoms with Gasteiger partial charge in [0.25, 0.3) is 5.91 Å². The molecule has 126 valence electrons. The average Bonchev–Trinajstić information content (AvgIpc) is 3.11. The van der Waals surface area contributed by atoms with Crippen molar-refractivity contribution < 1.29 is 9.90 Å². The van der Waals surface area contributed by atoms with Gasteiger partial charge >= 0.3 is 0 Å². The van der Waals surface area contributed by atoms with E-state index in [-0.39, 0.29) is 17.9 Å². The minimum Gasteiger partial charge on any atom is -0.396 e. The molecule has 2 aromatic carbocycles. The molecule has 0 radical (unpaired) electrons. The third-order valence-corrected chi connectivity index (χ3v) is 5.14. The van der Waals surface area contributed by atoms with Crippen molar-refractivity contribution in [1.29, 1.82) is 0 Å². The van der Waals surface area contributed by atoms with Crippen LogP contribution in [0.5, 0.6) is 0 Å². The second-order valence-corrected chi connectivity index (χ2v) is 6.97. The molecule has 3 heteroatoms. The van der Waals surface area contributed by atoms with Crippen LogP contribution in [0.25, 0.3) is 11.1 Å². The van der Waals surface area contributed by atoms with Crippen LogP contribution in [-0.4, -0.2) is 36.1 Å². The fraction of sp³-hybridized carbons (Fsp3) is 0.381. The zero-order valence-corrected chi connectivity index (χ0v) is 14.2. The quantitative estimate of drug-likeness (QED) is 0.904. The summed E-state index contributed by atoms with van der Waals surface area (Å²) in [6.07, 6.45) is 4.30. The molecule has 24 heavy (non-hydrogen) atoms. The largest absolute Gasteiger partial charge is 0.396 e. The molecule has 1 saturated carbocycles. The van der Waals surface area contributed by atoms with Crippen molar-refractivity contribution in [3.63, 3.8) is 0 Å². The van der Waals surface area contributed by atoms with E-state index in [4.69, 9.17) is 0 Å². The van der Waals surface area contributed by atoms with Gasteiger partial charge in [-0.15, -0.1) is 0 Å². The lowest BCUT2D eigenvalue weighted by molar-refractivity contribution is 0.0595. The number of aliphatic hydroxyl groups is 1. The molecule has 0 spiro atoms. The number of hydrogen-bond donors (Lipinski definition) is 1. The predicted octanol–water partition coefficient (Wildman–Crippen LogP) is 3.98. The minimum atomic E-state index is -0.110. The van der Waals surface area contributed by atoms with Gasteiger partial charge in [-0.1, -0.05) is 55.3 Å². The predicted molar refractivity (Wildman–Crippen MR) is 96.8 cm³/mol. The van der Waals surface area contributed by atoms with Gasteiger partial charge in [0.05, 0.1) is 6.61 Å². The zero-order chi connectivity index (χ0) is 17.0. The van der Waals surface area contributed by atoms with Crippen LogP contribution in [0.1, 0.15) is 36.0 Å². The van der Waals surface area contributed by atoms with Crippen molar-refractivity contribution in [2.75, 3.05) is 20.2 Å².